The normalized spacial score (nSPS) is 18.1. The zero-order valence-corrected chi connectivity index (χ0v) is 17.3. The second-order valence-corrected chi connectivity index (χ2v) is 8.53. The monoisotopic (exact) mass is 385 g/mol. The number of rotatable bonds is 6. The molecule has 3 heteroatoms. The summed E-state index contributed by atoms with van der Waals surface area (Å²) < 4.78 is 0. The lowest BCUT2D eigenvalue weighted by Crippen LogP contribution is -2.34. The predicted octanol–water partition coefficient (Wildman–Crippen LogP) is 5.74. The van der Waals surface area contributed by atoms with Crippen LogP contribution in [0.15, 0.2) is 71.8 Å². The van der Waals surface area contributed by atoms with Crippen molar-refractivity contribution in [2.75, 3.05) is 0 Å². The van der Waals surface area contributed by atoms with Crippen LogP contribution in [-0.2, 0) is 9.59 Å². The van der Waals surface area contributed by atoms with Crippen LogP contribution < -0.4 is 0 Å². The lowest BCUT2D eigenvalue weighted by molar-refractivity contribution is -0.127. The summed E-state index contributed by atoms with van der Waals surface area (Å²) in [5, 5.41) is 9.98. The molecule has 0 aromatic heterocycles. The Morgan fingerprint density at radius 1 is 1.03 bits per heavy atom. The average Bonchev–Trinajstić information content (AvgIpc) is 2.73. The lowest BCUT2D eigenvalue weighted by atomic mass is 9.70. The van der Waals surface area contributed by atoms with Crippen molar-refractivity contribution in [1.29, 1.82) is 5.26 Å². The van der Waals surface area contributed by atoms with Gasteiger partial charge in [-0.2, -0.15) is 5.26 Å². The molecule has 3 rings (SSSR count). The van der Waals surface area contributed by atoms with Gasteiger partial charge in [0, 0.05) is 17.8 Å². The molecule has 1 aliphatic carbocycles. The zero-order valence-electron chi connectivity index (χ0n) is 17.3. The first kappa shape index (κ1) is 20.7. The molecule has 0 saturated heterocycles. The topological polar surface area (TPSA) is 57.9 Å². The second-order valence-electron chi connectivity index (χ2n) is 8.53. The molecular weight excluding hydrogens is 358 g/mol. The van der Waals surface area contributed by atoms with Crippen LogP contribution in [0.1, 0.15) is 63.0 Å². The van der Waals surface area contributed by atoms with E-state index >= 15 is 0 Å². The maximum atomic E-state index is 13.4. The minimum atomic E-state index is -0.513. The van der Waals surface area contributed by atoms with Crippen LogP contribution in [0.3, 0.4) is 0 Å². The van der Waals surface area contributed by atoms with Gasteiger partial charge in [-0.15, -0.1) is 0 Å². The Hall–Kier alpha value is -2.99. The molecule has 0 N–H and O–H groups in total. The fourth-order valence-corrected chi connectivity index (χ4v) is 4.12. The number of ketones is 2. The lowest BCUT2D eigenvalue weighted by Gasteiger charge is -2.31. The molecule has 0 fully saturated rings. The van der Waals surface area contributed by atoms with Crippen molar-refractivity contribution in [2.45, 2.75) is 51.9 Å². The predicted molar refractivity (Wildman–Crippen MR) is 114 cm³/mol. The largest absolute Gasteiger partial charge is 0.294 e. The number of allylic oxidation sites excluding steroid dienone is 2. The first-order chi connectivity index (χ1) is 13.8. The number of hydrogen-bond acceptors (Lipinski definition) is 3. The Balaban J connectivity index is 1.99. The summed E-state index contributed by atoms with van der Waals surface area (Å²) in [7, 11) is 0. The molecule has 0 aliphatic heterocycles. The summed E-state index contributed by atoms with van der Waals surface area (Å²) in [4.78, 5) is 26.3. The number of carbonyl (C=O) groups excluding carboxylic acids is 2. The van der Waals surface area contributed by atoms with Gasteiger partial charge in [0.15, 0.2) is 11.6 Å². The van der Waals surface area contributed by atoms with Crippen molar-refractivity contribution >= 4 is 11.6 Å². The smallest absolute Gasteiger partial charge is 0.171 e. The van der Waals surface area contributed by atoms with Gasteiger partial charge in [-0.3, -0.25) is 9.59 Å². The summed E-state index contributed by atoms with van der Waals surface area (Å²) in [6.07, 6.45) is 1.67. The van der Waals surface area contributed by atoms with Crippen LogP contribution in [0.4, 0.5) is 0 Å². The van der Waals surface area contributed by atoms with Gasteiger partial charge in [0.2, 0.25) is 0 Å². The Labute approximate surface area is 173 Å². The third kappa shape index (κ3) is 4.38. The number of nitrogens with zero attached hydrogens (tertiary/aromatic N) is 1. The van der Waals surface area contributed by atoms with Crippen molar-refractivity contribution < 1.29 is 9.59 Å². The van der Waals surface area contributed by atoms with Gasteiger partial charge in [-0.25, -0.2) is 0 Å². The van der Waals surface area contributed by atoms with Gasteiger partial charge in [0.05, 0.1) is 17.6 Å². The molecule has 0 radical (unpaired) electrons. The van der Waals surface area contributed by atoms with E-state index in [4.69, 9.17) is 0 Å². The van der Waals surface area contributed by atoms with Gasteiger partial charge in [0.25, 0.3) is 0 Å². The van der Waals surface area contributed by atoms with E-state index in [0.717, 1.165) is 29.5 Å². The summed E-state index contributed by atoms with van der Waals surface area (Å²) in [6.45, 7) is 5.70. The molecule has 0 amide bonds. The minimum absolute atomic E-state index is 0.0636. The molecule has 2 aromatic rings. The van der Waals surface area contributed by atoms with Gasteiger partial charge in [0.1, 0.15) is 0 Å². The van der Waals surface area contributed by atoms with E-state index in [9.17, 15) is 14.9 Å². The van der Waals surface area contributed by atoms with Gasteiger partial charge in [-0.05, 0) is 30.9 Å². The first-order valence-corrected chi connectivity index (χ1v) is 10.1. The highest BCUT2D eigenvalue weighted by molar-refractivity contribution is 6.23. The number of benzene rings is 2. The molecule has 2 aromatic carbocycles. The molecule has 3 nitrogen and oxygen atoms in total. The number of hydrogen-bond donors (Lipinski definition) is 0. The highest BCUT2D eigenvalue weighted by Crippen LogP contribution is 2.40. The summed E-state index contributed by atoms with van der Waals surface area (Å²) in [5.74, 6) is -0.985. The van der Waals surface area contributed by atoms with E-state index in [1.807, 2.05) is 81.4 Å². The van der Waals surface area contributed by atoms with Gasteiger partial charge >= 0.3 is 0 Å². The fraction of sp³-hybridized carbons (Fsp3) is 0.346. The number of Topliss-reactive ketones (excluding diaryl/α,β-unsaturated/α-hetero) is 2. The van der Waals surface area contributed by atoms with Crippen LogP contribution in [0.25, 0.3) is 0 Å². The Bertz CT molecular complexity index is 965. The average molecular weight is 386 g/mol. The van der Waals surface area contributed by atoms with Crippen molar-refractivity contribution in [3.05, 3.63) is 82.9 Å². The van der Waals surface area contributed by atoms with E-state index in [-0.39, 0.29) is 23.9 Å². The highest BCUT2D eigenvalue weighted by atomic mass is 16.2. The maximum Gasteiger partial charge on any atom is 0.171 e. The summed E-state index contributed by atoms with van der Waals surface area (Å²) in [6, 6.07) is 21.7. The molecule has 0 spiro atoms. The van der Waals surface area contributed by atoms with Crippen LogP contribution in [-0.4, -0.2) is 11.6 Å². The van der Waals surface area contributed by atoms with E-state index in [1.165, 1.54) is 0 Å². The highest BCUT2D eigenvalue weighted by Gasteiger charge is 2.39. The molecule has 148 valence electrons. The maximum absolute atomic E-state index is 13.4. The standard InChI is InChI=1S/C26H27NO2/c1-18-14-15-26(2,3)25(29)24(18)23(28)16-21(19-10-6-4-7-11-19)22(17-27)20-12-8-5-9-13-20/h4-13,21-22H,14-16H2,1-3H3/t21-,22-/m0/s1. The molecule has 0 saturated carbocycles. The second kappa shape index (κ2) is 8.57. The van der Waals surface area contributed by atoms with Gasteiger partial charge in [-0.1, -0.05) is 80.1 Å². The van der Waals surface area contributed by atoms with Crippen LogP contribution in [0, 0.1) is 16.7 Å². The minimum Gasteiger partial charge on any atom is -0.294 e. The van der Waals surface area contributed by atoms with E-state index in [1.54, 1.807) is 0 Å². The van der Waals surface area contributed by atoms with Crippen LogP contribution in [0.2, 0.25) is 0 Å². The first-order valence-electron chi connectivity index (χ1n) is 10.1. The molecule has 29 heavy (non-hydrogen) atoms. The molecule has 2 atom stereocenters. The van der Waals surface area contributed by atoms with Gasteiger partial charge < -0.3 is 0 Å². The van der Waals surface area contributed by atoms with E-state index < -0.39 is 11.3 Å². The summed E-state index contributed by atoms with van der Waals surface area (Å²) >= 11 is 0. The summed E-state index contributed by atoms with van der Waals surface area (Å²) in [5.41, 5.74) is 2.54. The number of carbonyl (C=O) groups is 2. The number of nitriles is 1. The molecule has 0 bridgehead atoms. The quantitative estimate of drug-likeness (QED) is 0.596. The van der Waals surface area contributed by atoms with Crippen molar-refractivity contribution in [1.82, 2.24) is 0 Å². The van der Waals surface area contributed by atoms with Crippen molar-refractivity contribution in [3.63, 3.8) is 0 Å². The molecule has 1 aliphatic rings. The fourth-order valence-electron chi connectivity index (χ4n) is 4.12. The van der Waals surface area contributed by atoms with Crippen LogP contribution in [0.5, 0.6) is 0 Å². The molecular formula is C26H27NO2. The van der Waals surface area contributed by atoms with E-state index in [0.29, 0.717) is 5.57 Å². The van der Waals surface area contributed by atoms with Crippen LogP contribution >= 0.6 is 0 Å². The Kier molecular flexibility index (Phi) is 6.13. The molecule has 0 unspecified atom stereocenters. The van der Waals surface area contributed by atoms with Crippen molar-refractivity contribution in [2.24, 2.45) is 5.41 Å². The third-order valence-corrected chi connectivity index (χ3v) is 6.01. The molecule has 0 heterocycles. The zero-order chi connectivity index (χ0) is 21.0. The third-order valence-electron chi connectivity index (χ3n) is 6.01. The van der Waals surface area contributed by atoms with E-state index in [2.05, 4.69) is 6.07 Å². The SMILES string of the molecule is CC1=C(C(=O)C[C@@H](c2ccccc2)[C@@H](C#N)c2ccccc2)C(=O)C(C)(C)CC1. The Morgan fingerprint density at radius 3 is 2.14 bits per heavy atom. The van der Waals surface area contributed by atoms with Crippen molar-refractivity contribution in [3.8, 4) is 6.07 Å². The Morgan fingerprint density at radius 2 is 1.59 bits per heavy atom.